The van der Waals surface area contributed by atoms with E-state index >= 15 is 0 Å². The number of carbonyl (C=O) groups is 2. The summed E-state index contributed by atoms with van der Waals surface area (Å²) in [5.41, 5.74) is 2.77. The van der Waals surface area contributed by atoms with Crippen molar-refractivity contribution in [1.29, 1.82) is 0 Å². The van der Waals surface area contributed by atoms with Gasteiger partial charge in [-0.05, 0) is 44.0 Å². The summed E-state index contributed by atoms with van der Waals surface area (Å²) in [6.45, 7) is 5.78. The molecule has 7 nitrogen and oxygen atoms in total. The summed E-state index contributed by atoms with van der Waals surface area (Å²) in [5, 5.41) is 0. The third-order valence-corrected chi connectivity index (χ3v) is 7.67. The van der Waals surface area contributed by atoms with Crippen molar-refractivity contribution in [3.8, 4) is 0 Å². The van der Waals surface area contributed by atoms with E-state index in [1.807, 2.05) is 26.0 Å². The molecule has 0 spiro atoms. The fraction of sp³-hybridized carbons (Fsp3) is 0.318. The van der Waals surface area contributed by atoms with Crippen LogP contribution in [0, 0.1) is 13.8 Å². The fourth-order valence-corrected chi connectivity index (χ4v) is 5.62. The van der Waals surface area contributed by atoms with Gasteiger partial charge in [0, 0.05) is 6.42 Å². The number of rotatable bonds is 7. The number of aryl methyl sites for hydroxylation is 2. The minimum Gasteiger partial charge on any atom is -0.465 e. The van der Waals surface area contributed by atoms with Crippen molar-refractivity contribution < 1.29 is 22.7 Å². The molecule has 3 aromatic rings. The highest BCUT2D eigenvalue weighted by atomic mass is 32.2. The second-order valence-corrected chi connectivity index (χ2v) is 10.1. The normalized spacial score (nSPS) is 12.3. The second kappa shape index (κ2) is 9.57. The van der Waals surface area contributed by atoms with Gasteiger partial charge in [-0.1, -0.05) is 41.7 Å². The minimum atomic E-state index is -3.58. The number of hydrogen-bond acceptors (Lipinski definition) is 6. The van der Waals surface area contributed by atoms with Crippen LogP contribution in [0.15, 0.2) is 52.4 Å². The molecule has 31 heavy (non-hydrogen) atoms. The molecule has 1 amide bonds. The van der Waals surface area contributed by atoms with Crippen LogP contribution in [0.1, 0.15) is 24.5 Å². The van der Waals surface area contributed by atoms with Crippen LogP contribution in [-0.4, -0.2) is 37.2 Å². The van der Waals surface area contributed by atoms with Crippen molar-refractivity contribution in [3.05, 3.63) is 58.4 Å². The topological polar surface area (TPSA) is 94.8 Å². The summed E-state index contributed by atoms with van der Waals surface area (Å²) in [4.78, 5) is 29.4. The van der Waals surface area contributed by atoms with E-state index in [1.54, 1.807) is 29.7 Å². The largest absolute Gasteiger partial charge is 0.465 e. The maximum absolute atomic E-state index is 12.5. The summed E-state index contributed by atoms with van der Waals surface area (Å²) in [6, 6.07) is 11.9. The number of ether oxygens (including phenoxy) is 1. The molecule has 0 fully saturated rings. The van der Waals surface area contributed by atoms with E-state index in [0.717, 1.165) is 21.3 Å². The Morgan fingerprint density at radius 3 is 2.42 bits per heavy atom. The number of nitrogens with zero attached hydrogens (tertiary/aromatic N) is 2. The molecule has 0 radical (unpaired) electrons. The Morgan fingerprint density at radius 1 is 1.06 bits per heavy atom. The second-order valence-electron chi connectivity index (χ2n) is 7.04. The van der Waals surface area contributed by atoms with E-state index in [2.05, 4.69) is 4.99 Å². The number of carbonyl (C=O) groups excluding carboxylic acids is 2. The zero-order valence-corrected chi connectivity index (χ0v) is 19.3. The molecule has 2 aromatic carbocycles. The van der Waals surface area contributed by atoms with Gasteiger partial charge in [0.05, 0.1) is 27.5 Å². The van der Waals surface area contributed by atoms with Crippen molar-refractivity contribution in [2.75, 3.05) is 12.4 Å². The van der Waals surface area contributed by atoms with Gasteiger partial charge >= 0.3 is 5.97 Å². The molecule has 164 valence electrons. The lowest BCUT2D eigenvalue weighted by atomic mass is 10.1. The van der Waals surface area contributed by atoms with Crippen LogP contribution >= 0.6 is 11.3 Å². The number of amides is 1. The standard InChI is InChI=1S/C22H24N2O5S2/c1-4-29-19(26)14-24-20-15(2)10-11-16(3)21(20)30-22(24)23-18(25)12-13-31(27,28)17-8-6-5-7-9-17/h5-11H,4,12-14H2,1-3H3. The number of esters is 1. The molecular formula is C22H24N2O5S2. The van der Waals surface area contributed by atoms with Gasteiger partial charge in [0.2, 0.25) is 5.91 Å². The van der Waals surface area contributed by atoms with Gasteiger partial charge in [-0.2, -0.15) is 4.99 Å². The smallest absolute Gasteiger partial charge is 0.326 e. The molecule has 0 saturated carbocycles. The monoisotopic (exact) mass is 460 g/mol. The van der Waals surface area contributed by atoms with Gasteiger partial charge in [0.1, 0.15) is 6.54 Å². The number of fused-ring (bicyclic) bond motifs is 1. The summed E-state index contributed by atoms with van der Waals surface area (Å²) >= 11 is 1.30. The van der Waals surface area contributed by atoms with Crippen molar-refractivity contribution in [2.45, 2.75) is 38.6 Å². The van der Waals surface area contributed by atoms with E-state index in [1.165, 1.54) is 23.5 Å². The third-order valence-electron chi connectivity index (χ3n) is 4.72. The first-order chi connectivity index (χ1) is 14.7. The maximum atomic E-state index is 12.5. The molecule has 1 heterocycles. The summed E-state index contributed by atoms with van der Waals surface area (Å²) in [5.74, 6) is -1.32. The zero-order valence-electron chi connectivity index (χ0n) is 17.6. The van der Waals surface area contributed by atoms with Crippen LogP contribution in [-0.2, 0) is 30.7 Å². The van der Waals surface area contributed by atoms with Gasteiger partial charge in [-0.15, -0.1) is 0 Å². The number of aromatic nitrogens is 1. The summed E-state index contributed by atoms with van der Waals surface area (Å²) in [6.07, 6.45) is -0.247. The molecule has 0 aliphatic rings. The first-order valence-electron chi connectivity index (χ1n) is 9.83. The van der Waals surface area contributed by atoms with Crippen molar-refractivity contribution in [1.82, 2.24) is 4.57 Å². The highest BCUT2D eigenvalue weighted by Crippen LogP contribution is 2.25. The summed E-state index contributed by atoms with van der Waals surface area (Å²) in [7, 11) is -3.58. The van der Waals surface area contributed by atoms with E-state index in [9.17, 15) is 18.0 Å². The van der Waals surface area contributed by atoms with Crippen LogP contribution < -0.4 is 4.80 Å². The van der Waals surface area contributed by atoms with E-state index in [4.69, 9.17) is 4.74 Å². The maximum Gasteiger partial charge on any atom is 0.326 e. The highest BCUT2D eigenvalue weighted by Gasteiger charge is 2.18. The molecule has 0 saturated heterocycles. The van der Waals surface area contributed by atoms with E-state index in [0.29, 0.717) is 4.80 Å². The molecule has 0 bridgehead atoms. The van der Waals surface area contributed by atoms with Gasteiger partial charge in [-0.3, -0.25) is 9.59 Å². The van der Waals surface area contributed by atoms with Crippen LogP contribution in [0.3, 0.4) is 0 Å². The van der Waals surface area contributed by atoms with E-state index < -0.39 is 21.7 Å². The van der Waals surface area contributed by atoms with Crippen LogP contribution in [0.5, 0.6) is 0 Å². The Hall–Kier alpha value is -2.78. The van der Waals surface area contributed by atoms with Crippen LogP contribution in [0.25, 0.3) is 10.2 Å². The number of sulfone groups is 1. The SMILES string of the molecule is CCOC(=O)Cn1c(=NC(=O)CCS(=O)(=O)c2ccccc2)sc2c(C)ccc(C)c21. The lowest BCUT2D eigenvalue weighted by Gasteiger charge is -2.07. The third kappa shape index (κ3) is 5.29. The molecule has 0 N–H and O–H groups in total. The highest BCUT2D eigenvalue weighted by molar-refractivity contribution is 7.91. The van der Waals surface area contributed by atoms with Gasteiger partial charge in [0.25, 0.3) is 0 Å². The first kappa shape index (κ1) is 22.9. The predicted molar refractivity (Wildman–Crippen MR) is 120 cm³/mol. The average Bonchev–Trinajstić information content (AvgIpc) is 3.09. The Morgan fingerprint density at radius 2 is 1.74 bits per heavy atom. The predicted octanol–water partition coefficient (Wildman–Crippen LogP) is 3.17. The Labute approximate surface area is 184 Å². The Balaban J connectivity index is 1.95. The van der Waals surface area contributed by atoms with Crippen LogP contribution in [0.2, 0.25) is 0 Å². The Kier molecular flexibility index (Phi) is 7.07. The fourth-order valence-electron chi connectivity index (χ4n) is 3.17. The molecule has 0 atom stereocenters. The van der Waals surface area contributed by atoms with Gasteiger partial charge in [0.15, 0.2) is 14.6 Å². The lowest BCUT2D eigenvalue weighted by molar-refractivity contribution is -0.143. The number of hydrogen-bond donors (Lipinski definition) is 0. The van der Waals surface area contributed by atoms with Gasteiger partial charge < -0.3 is 9.30 Å². The number of thiazole rings is 1. The van der Waals surface area contributed by atoms with Crippen molar-refractivity contribution in [2.24, 2.45) is 4.99 Å². The number of benzene rings is 2. The molecule has 1 aromatic heterocycles. The lowest BCUT2D eigenvalue weighted by Crippen LogP contribution is -2.23. The van der Waals surface area contributed by atoms with Crippen LogP contribution in [0.4, 0.5) is 0 Å². The molecule has 0 aliphatic heterocycles. The molecule has 0 unspecified atom stereocenters. The van der Waals surface area contributed by atoms with E-state index in [-0.39, 0.29) is 30.2 Å². The van der Waals surface area contributed by atoms with Crippen molar-refractivity contribution in [3.63, 3.8) is 0 Å². The molecule has 9 heteroatoms. The molecule has 3 rings (SSSR count). The minimum absolute atomic E-state index is 0.0768. The quantitative estimate of drug-likeness (QED) is 0.505. The molecule has 0 aliphatic carbocycles. The van der Waals surface area contributed by atoms with Crippen molar-refractivity contribution >= 4 is 43.3 Å². The summed E-state index contributed by atoms with van der Waals surface area (Å²) < 4.78 is 32.6. The first-order valence-corrected chi connectivity index (χ1v) is 12.3. The zero-order chi connectivity index (χ0) is 22.6. The average molecular weight is 461 g/mol. The van der Waals surface area contributed by atoms with Gasteiger partial charge in [-0.25, -0.2) is 8.42 Å². The molecular weight excluding hydrogens is 436 g/mol. The Bertz CT molecular complexity index is 1290.